The third kappa shape index (κ3) is 2.77. The number of aryl methyl sites for hydroxylation is 1. The van der Waals surface area contributed by atoms with Crippen molar-refractivity contribution in [3.8, 4) is 0 Å². The standard InChI is InChI=1S/C17H27N/c1-4-14-10-6-8-12-16(14)17(18-3)15-11-7-5-9-13(15)2/h5,7,9,11,14,16-18H,4,6,8,10,12H2,1-3H3. The molecule has 0 aromatic heterocycles. The second kappa shape index (κ2) is 6.38. The van der Waals surface area contributed by atoms with Gasteiger partial charge in [-0.1, -0.05) is 56.9 Å². The van der Waals surface area contributed by atoms with E-state index in [-0.39, 0.29) is 0 Å². The van der Waals surface area contributed by atoms with Crippen LogP contribution in [0.3, 0.4) is 0 Å². The van der Waals surface area contributed by atoms with Gasteiger partial charge in [-0.25, -0.2) is 0 Å². The van der Waals surface area contributed by atoms with Crippen LogP contribution in [0.1, 0.15) is 56.2 Å². The summed E-state index contributed by atoms with van der Waals surface area (Å²) in [7, 11) is 2.12. The van der Waals surface area contributed by atoms with Gasteiger partial charge in [0, 0.05) is 6.04 Å². The van der Waals surface area contributed by atoms with Gasteiger partial charge in [0.1, 0.15) is 0 Å². The molecule has 0 bridgehead atoms. The highest BCUT2D eigenvalue weighted by atomic mass is 14.9. The van der Waals surface area contributed by atoms with Gasteiger partial charge in [-0.15, -0.1) is 0 Å². The predicted molar refractivity (Wildman–Crippen MR) is 78.7 cm³/mol. The topological polar surface area (TPSA) is 12.0 Å². The zero-order valence-electron chi connectivity index (χ0n) is 12.1. The molecule has 1 N–H and O–H groups in total. The lowest BCUT2D eigenvalue weighted by Crippen LogP contribution is -2.33. The summed E-state index contributed by atoms with van der Waals surface area (Å²) in [5.41, 5.74) is 2.93. The normalized spacial score (nSPS) is 25.9. The lowest BCUT2D eigenvalue weighted by atomic mass is 9.72. The average Bonchev–Trinajstić information content (AvgIpc) is 2.42. The summed E-state index contributed by atoms with van der Waals surface area (Å²) in [5.74, 6) is 1.71. The van der Waals surface area contributed by atoms with E-state index in [4.69, 9.17) is 0 Å². The van der Waals surface area contributed by atoms with E-state index in [0.717, 1.165) is 11.8 Å². The van der Waals surface area contributed by atoms with Crippen LogP contribution < -0.4 is 5.32 Å². The molecule has 1 heteroatoms. The molecular formula is C17H27N. The van der Waals surface area contributed by atoms with Crippen molar-refractivity contribution in [3.63, 3.8) is 0 Å². The van der Waals surface area contributed by atoms with E-state index in [9.17, 15) is 0 Å². The summed E-state index contributed by atoms with van der Waals surface area (Å²) in [6, 6.07) is 9.40. The average molecular weight is 245 g/mol. The Hall–Kier alpha value is -0.820. The monoisotopic (exact) mass is 245 g/mol. The van der Waals surface area contributed by atoms with E-state index in [0.29, 0.717) is 6.04 Å². The molecule has 1 aromatic carbocycles. The van der Waals surface area contributed by atoms with Crippen LogP contribution in [0.4, 0.5) is 0 Å². The van der Waals surface area contributed by atoms with Gasteiger partial charge in [-0.3, -0.25) is 0 Å². The van der Waals surface area contributed by atoms with Crippen LogP contribution in [-0.2, 0) is 0 Å². The molecule has 1 saturated carbocycles. The maximum atomic E-state index is 3.59. The summed E-state index contributed by atoms with van der Waals surface area (Å²) in [6.45, 7) is 4.59. The Bertz CT molecular complexity index is 372. The first-order valence-electron chi connectivity index (χ1n) is 7.50. The van der Waals surface area contributed by atoms with Crippen molar-refractivity contribution in [2.45, 2.75) is 52.0 Å². The molecule has 1 aliphatic carbocycles. The zero-order valence-corrected chi connectivity index (χ0v) is 12.1. The molecule has 3 unspecified atom stereocenters. The number of rotatable bonds is 4. The van der Waals surface area contributed by atoms with Crippen molar-refractivity contribution in [1.82, 2.24) is 5.32 Å². The summed E-state index contributed by atoms with van der Waals surface area (Å²) < 4.78 is 0. The van der Waals surface area contributed by atoms with Crippen LogP contribution in [-0.4, -0.2) is 7.05 Å². The fraction of sp³-hybridized carbons (Fsp3) is 0.647. The van der Waals surface area contributed by atoms with Gasteiger partial charge < -0.3 is 5.32 Å². The van der Waals surface area contributed by atoms with Gasteiger partial charge in [0.15, 0.2) is 0 Å². The molecule has 0 radical (unpaired) electrons. The summed E-state index contributed by atoms with van der Waals surface area (Å²) in [5, 5.41) is 3.59. The Labute approximate surface area is 112 Å². The van der Waals surface area contributed by atoms with E-state index in [1.54, 1.807) is 0 Å². The molecule has 1 fully saturated rings. The van der Waals surface area contributed by atoms with Crippen molar-refractivity contribution >= 4 is 0 Å². The highest BCUT2D eigenvalue weighted by Crippen LogP contribution is 2.40. The molecule has 1 aromatic rings. The molecule has 18 heavy (non-hydrogen) atoms. The second-order valence-corrected chi connectivity index (χ2v) is 5.74. The first kappa shape index (κ1) is 13.6. The summed E-state index contributed by atoms with van der Waals surface area (Å²) >= 11 is 0. The van der Waals surface area contributed by atoms with E-state index < -0.39 is 0 Å². The van der Waals surface area contributed by atoms with Crippen molar-refractivity contribution in [1.29, 1.82) is 0 Å². The molecule has 0 aliphatic heterocycles. The molecule has 100 valence electrons. The van der Waals surface area contributed by atoms with E-state index in [2.05, 4.69) is 50.5 Å². The first-order chi connectivity index (χ1) is 8.77. The lowest BCUT2D eigenvalue weighted by molar-refractivity contribution is 0.180. The first-order valence-corrected chi connectivity index (χ1v) is 7.50. The van der Waals surface area contributed by atoms with Crippen LogP contribution in [0.15, 0.2) is 24.3 Å². The molecule has 1 aliphatic rings. The molecule has 0 heterocycles. The van der Waals surface area contributed by atoms with Crippen LogP contribution in [0.25, 0.3) is 0 Å². The Morgan fingerprint density at radius 2 is 1.94 bits per heavy atom. The highest BCUT2D eigenvalue weighted by Gasteiger charge is 2.31. The van der Waals surface area contributed by atoms with E-state index >= 15 is 0 Å². The maximum Gasteiger partial charge on any atom is 0.0351 e. The fourth-order valence-electron chi connectivity index (χ4n) is 3.72. The van der Waals surface area contributed by atoms with Crippen molar-refractivity contribution in [2.75, 3.05) is 7.05 Å². The molecule has 1 nitrogen and oxygen atoms in total. The minimum absolute atomic E-state index is 0.538. The molecule has 0 saturated heterocycles. The van der Waals surface area contributed by atoms with Gasteiger partial charge in [0.25, 0.3) is 0 Å². The number of hydrogen-bond donors (Lipinski definition) is 1. The van der Waals surface area contributed by atoms with Gasteiger partial charge >= 0.3 is 0 Å². The van der Waals surface area contributed by atoms with Gasteiger partial charge in [-0.2, -0.15) is 0 Å². The van der Waals surface area contributed by atoms with Gasteiger partial charge in [0.2, 0.25) is 0 Å². The van der Waals surface area contributed by atoms with E-state index in [1.165, 1.54) is 43.2 Å². The predicted octanol–water partition coefficient (Wildman–Crippen LogP) is 4.47. The molecule has 3 atom stereocenters. The highest BCUT2D eigenvalue weighted by molar-refractivity contribution is 5.29. The smallest absolute Gasteiger partial charge is 0.0351 e. The number of benzene rings is 1. The van der Waals surface area contributed by atoms with Crippen LogP contribution >= 0.6 is 0 Å². The second-order valence-electron chi connectivity index (χ2n) is 5.74. The molecular weight excluding hydrogens is 218 g/mol. The minimum Gasteiger partial charge on any atom is -0.313 e. The van der Waals surface area contributed by atoms with Crippen molar-refractivity contribution in [3.05, 3.63) is 35.4 Å². The summed E-state index contributed by atoms with van der Waals surface area (Å²) in [6.07, 6.45) is 6.97. The SMILES string of the molecule is CCC1CCCCC1C(NC)c1ccccc1C. The number of hydrogen-bond acceptors (Lipinski definition) is 1. The zero-order chi connectivity index (χ0) is 13.0. The molecule has 0 amide bonds. The third-order valence-electron chi connectivity index (χ3n) is 4.75. The molecule has 2 rings (SSSR count). The Morgan fingerprint density at radius 1 is 1.22 bits per heavy atom. The Balaban J connectivity index is 2.24. The van der Waals surface area contributed by atoms with Crippen LogP contribution in [0.2, 0.25) is 0 Å². The van der Waals surface area contributed by atoms with E-state index in [1.807, 2.05) is 0 Å². The van der Waals surface area contributed by atoms with Crippen molar-refractivity contribution < 1.29 is 0 Å². The summed E-state index contributed by atoms with van der Waals surface area (Å²) in [4.78, 5) is 0. The van der Waals surface area contributed by atoms with Crippen molar-refractivity contribution in [2.24, 2.45) is 11.8 Å². The largest absolute Gasteiger partial charge is 0.313 e. The Morgan fingerprint density at radius 3 is 2.61 bits per heavy atom. The van der Waals surface area contributed by atoms with Crippen LogP contribution in [0, 0.1) is 18.8 Å². The molecule has 0 spiro atoms. The quantitative estimate of drug-likeness (QED) is 0.825. The fourth-order valence-corrected chi connectivity index (χ4v) is 3.72. The Kier molecular flexibility index (Phi) is 4.82. The number of nitrogens with one attached hydrogen (secondary N) is 1. The minimum atomic E-state index is 0.538. The third-order valence-corrected chi connectivity index (χ3v) is 4.75. The van der Waals surface area contributed by atoms with Gasteiger partial charge in [-0.05, 0) is 43.4 Å². The maximum absolute atomic E-state index is 3.59. The van der Waals surface area contributed by atoms with Gasteiger partial charge in [0.05, 0.1) is 0 Å². The van der Waals surface area contributed by atoms with Crippen LogP contribution in [0.5, 0.6) is 0 Å². The lowest BCUT2D eigenvalue weighted by Gasteiger charge is -2.37.